The lowest BCUT2D eigenvalue weighted by atomic mass is 9.80. The van der Waals surface area contributed by atoms with Crippen LogP contribution in [0.4, 0.5) is 0 Å². The van der Waals surface area contributed by atoms with Crippen LogP contribution in [0.5, 0.6) is 0 Å². The number of aliphatic hydroxyl groups is 1. The maximum atomic E-state index is 10.7. The Morgan fingerprint density at radius 1 is 1.15 bits per heavy atom. The van der Waals surface area contributed by atoms with Crippen molar-refractivity contribution in [3.8, 4) is 0 Å². The zero-order valence-corrected chi connectivity index (χ0v) is 12.1. The number of aromatic nitrogens is 1. The summed E-state index contributed by atoms with van der Waals surface area (Å²) in [5.74, 6) is 0.127. The van der Waals surface area contributed by atoms with E-state index in [9.17, 15) is 5.11 Å². The second-order valence-corrected chi connectivity index (χ2v) is 5.91. The first-order valence-corrected chi connectivity index (χ1v) is 7.35. The van der Waals surface area contributed by atoms with Gasteiger partial charge >= 0.3 is 0 Å². The normalized spacial score (nSPS) is 19.4. The van der Waals surface area contributed by atoms with Crippen molar-refractivity contribution in [1.29, 1.82) is 0 Å². The van der Waals surface area contributed by atoms with Gasteiger partial charge in [-0.1, -0.05) is 35.9 Å². The molecule has 3 rings (SSSR count). The van der Waals surface area contributed by atoms with E-state index in [2.05, 4.69) is 37.0 Å². The maximum absolute atomic E-state index is 10.7. The van der Waals surface area contributed by atoms with Crippen LogP contribution in [0.3, 0.4) is 0 Å². The number of benzene rings is 1. The van der Waals surface area contributed by atoms with Gasteiger partial charge in [-0.3, -0.25) is 4.98 Å². The molecule has 1 heterocycles. The first-order valence-electron chi connectivity index (χ1n) is 7.35. The molecule has 0 bridgehead atoms. The fraction of sp³-hybridized carbons (Fsp3) is 0.389. The second-order valence-electron chi connectivity index (χ2n) is 5.91. The standard InChI is InChI=1S/C18H21NO/c1-12-6-8-14(9-7-12)18(20)16-5-3-4-15-10-13(2)11-19-17(15)16/h6-11,16,18,20H,3-5H2,1-2H3/t16-,18+/m1/s1. The smallest absolute Gasteiger partial charge is 0.0873 e. The molecule has 0 saturated carbocycles. The summed E-state index contributed by atoms with van der Waals surface area (Å²) in [7, 11) is 0. The summed E-state index contributed by atoms with van der Waals surface area (Å²) in [6.45, 7) is 4.14. The van der Waals surface area contributed by atoms with Gasteiger partial charge in [0.2, 0.25) is 0 Å². The molecule has 0 aliphatic heterocycles. The topological polar surface area (TPSA) is 33.1 Å². The van der Waals surface area contributed by atoms with E-state index in [0.717, 1.165) is 30.5 Å². The fourth-order valence-corrected chi connectivity index (χ4v) is 3.13. The zero-order valence-electron chi connectivity index (χ0n) is 12.1. The third kappa shape index (κ3) is 2.48. The maximum Gasteiger partial charge on any atom is 0.0873 e. The summed E-state index contributed by atoms with van der Waals surface area (Å²) in [6, 6.07) is 10.4. The van der Waals surface area contributed by atoms with Crippen molar-refractivity contribution in [1.82, 2.24) is 4.98 Å². The van der Waals surface area contributed by atoms with Gasteiger partial charge in [0, 0.05) is 17.8 Å². The Hall–Kier alpha value is -1.67. The zero-order chi connectivity index (χ0) is 14.1. The van der Waals surface area contributed by atoms with E-state index in [-0.39, 0.29) is 5.92 Å². The Balaban J connectivity index is 1.93. The summed E-state index contributed by atoms with van der Waals surface area (Å²) in [5, 5.41) is 10.7. The van der Waals surface area contributed by atoms with Gasteiger partial charge in [-0.15, -0.1) is 0 Å². The highest BCUT2D eigenvalue weighted by Gasteiger charge is 2.28. The Morgan fingerprint density at radius 2 is 1.90 bits per heavy atom. The van der Waals surface area contributed by atoms with Gasteiger partial charge in [0.05, 0.1) is 6.10 Å². The van der Waals surface area contributed by atoms with E-state index in [0.29, 0.717) is 0 Å². The molecule has 1 aliphatic rings. The molecule has 0 amide bonds. The van der Waals surface area contributed by atoms with E-state index in [4.69, 9.17) is 0 Å². The molecule has 0 radical (unpaired) electrons. The van der Waals surface area contributed by atoms with Gasteiger partial charge in [-0.2, -0.15) is 0 Å². The Bertz CT molecular complexity index is 603. The molecular weight excluding hydrogens is 246 g/mol. The summed E-state index contributed by atoms with van der Waals surface area (Å²) in [6.07, 6.45) is 4.69. The van der Waals surface area contributed by atoms with Crippen LogP contribution in [-0.2, 0) is 6.42 Å². The molecule has 1 aliphatic carbocycles. The van der Waals surface area contributed by atoms with Crippen LogP contribution in [0.2, 0.25) is 0 Å². The van der Waals surface area contributed by atoms with Gasteiger partial charge in [0.15, 0.2) is 0 Å². The lowest BCUT2D eigenvalue weighted by molar-refractivity contribution is 0.134. The van der Waals surface area contributed by atoms with Gasteiger partial charge in [-0.25, -0.2) is 0 Å². The third-order valence-electron chi connectivity index (χ3n) is 4.25. The first kappa shape index (κ1) is 13.3. The molecule has 0 spiro atoms. The van der Waals surface area contributed by atoms with Crippen molar-refractivity contribution in [2.24, 2.45) is 0 Å². The minimum Gasteiger partial charge on any atom is -0.388 e. The minimum atomic E-state index is -0.454. The molecule has 20 heavy (non-hydrogen) atoms. The monoisotopic (exact) mass is 267 g/mol. The number of pyridine rings is 1. The second kappa shape index (κ2) is 5.37. The number of rotatable bonds is 2. The summed E-state index contributed by atoms with van der Waals surface area (Å²) in [4.78, 5) is 4.60. The van der Waals surface area contributed by atoms with Crippen LogP contribution < -0.4 is 0 Å². The van der Waals surface area contributed by atoms with E-state index in [1.54, 1.807) is 0 Å². The van der Waals surface area contributed by atoms with Crippen molar-refractivity contribution in [2.75, 3.05) is 0 Å². The molecule has 1 aromatic heterocycles. The Morgan fingerprint density at radius 3 is 2.65 bits per heavy atom. The lowest BCUT2D eigenvalue weighted by Crippen LogP contribution is -2.19. The van der Waals surface area contributed by atoms with Crippen molar-refractivity contribution in [3.05, 3.63) is 64.5 Å². The highest BCUT2D eigenvalue weighted by atomic mass is 16.3. The van der Waals surface area contributed by atoms with Crippen LogP contribution in [0.15, 0.2) is 36.5 Å². The van der Waals surface area contributed by atoms with Crippen LogP contribution in [0, 0.1) is 13.8 Å². The average Bonchev–Trinajstić information content (AvgIpc) is 2.46. The van der Waals surface area contributed by atoms with Gasteiger partial charge in [0.25, 0.3) is 0 Å². The van der Waals surface area contributed by atoms with Crippen LogP contribution in [0.1, 0.15) is 52.8 Å². The number of aliphatic hydroxyl groups excluding tert-OH is 1. The van der Waals surface area contributed by atoms with Gasteiger partial charge < -0.3 is 5.11 Å². The predicted octanol–water partition coefficient (Wildman–Crippen LogP) is 3.85. The molecule has 0 unspecified atom stereocenters. The summed E-state index contributed by atoms with van der Waals surface area (Å²) >= 11 is 0. The highest BCUT2D eigenvalue weighted by molar-refractivity contribution is 5.33. The van der Waals surface area contributed by atoms with Crippen LogP contribution in [0.25, 0.3) is 0 Å². The van der Waals surface area contributed by atoms with Crippen LogP contribution >= 0.6 is 0 Å². The van der Waals surface area contributed by atoms with E-state index in [1.165, 1.54) is 16.7 Å². The van der Waals surface area contributed by atoms with E-state index < -0.39 is 6.10 Å². The highest BCUT2D eigenvalue weighted by Crippen LogP contribution is 2.39. The molecule has 1 N–H and O–H groups in total. The number of nitrogens with zero attached hydrogens (tertiary/aromatic N) is 1. The molecule has 0 fully saturated rings. The molecular formula is C18H21NO. The van der Waals surface area contributed by atoms with E-state index in [1.807, 2.05) is 18.3 Å². The number of hydrogen-bond acceptors (Lipinski definition) is 2. The van der Waals surface area contributed by atoms with Crippen molar-refractivity contribution in [3.63, 3.8) is 0 Å². The number of hydrogen-bond donors (Lipinski definition) is 1. The SMILES string of the molecule is Cc1ccc([C@H](O)[C@@H]2CCCc3cc(C)cnc32)cc1. The largest absolute Gasteiger partial charge is 0.388 e. The molecule has 2 nitrogen and oxygen atoms in total. The minimum absolute atomic E-state index is 0.127. The van der Waals surface area contributed by atoms with Crippen LogP contribution in [-0.4, -0.2) is 10.1 Å². The molecule has 1 aromatic carbocycles. The lowest BCUT2D eigenvalue weighted by Gasteiger charge is -2.29. The third-order valence-corrected chi connectivity index (χ3v) is 4.25. The molecule has 0 saturated heterocycles. The molecule has 2 atom stereocenters. The Labute approximate surface area is 120 Å². The summed E-state index contributed by atoms with van der Waals surface area (Å²) < 4.78 is 0. The molecule has 2 aromatic rings. The fourth-order valence-electron chi connectivity index (χ4n) is 3.13. The predicted molar refractivity (Wildman–Crippen MR) is 80.8 cm³/mol. The molecule has 104 valence electrons. The van der Waals surface area contributed by atoms with E-state index >= 15 is 0 Å². The van der Waals surface area contributed by atoms with Crippen molar-refractivity contribution in [2.45, 2.75) is 45.1 Å². The molecule has 2 heteroatoms. The van der Waals surface area contributed by atoms with Crippen molar-refractivity contribution >= 4 is 0 Å². The quantitative estimate of drug-likeness (QED) is 0.896. The van der Waals surface area contributed by atoms with Gasteiger partial charge in [-0.05, 0) is 49.8 Å². The number of fused-ring (bicyclic) bond motifs is 1. The summed E-state index contributed by atoms with van der Waals surface area (Å²) in [5.41, 5.74) is 5.83. The first-order chi connectivity index (χ1) is 9.65. The Kier molecular flexibility index (Phi) is 3.58. The average molecular weight is 267 g/mol. The van der Waals surface area contributed by atoms with Gasteiger partial charge in [0.1, 0.15) is 0 Å². The van der Waals surface area contributed by atoms with Crippen molar-refractivity contribution < 1.29 is 5.11 Å². The number of aryl methyl sites for hydroxylation is 3.